The molecule has 5 atom stereocenters. The van der Waals surface area contributed by atoms with Gasteiger partial charge in [-0.25, -0.2) is 4.39 Å². The Hall–Kier alpha value is -3.47. The van der Waals surface area contributed by atoms with Gasteiger partial charge in [0.1, 0.15) is 24.6 Å². The number of nitrogens with one attached hydrogen (secondary N) is 1. The van der Waals surface area contributed by atoms with Crippen molar-refractivity contribution >= 4 is 34.8 Å². The number of carbonyl (C=O) groups excluding carboxylic acids is 4. The fourth-order valence-corrected chi connectivity index (χ4v) is 3.77. The van der Waals surface area contributed by atoms with E-state index in [0.29, 0.717) is 11.2 Å². The summed E-state index contributed by atoms with van der Waals surface area (Å²) in [4.78, 5) is 50.0. The Morgan fingerprint density at radius 2 is 1.52 bits per heavy atom. The standard InChI is InChI=1S/C22H24FNO9/c1-10(25)29-9-18-20(30-11(2)26)22(32-13(4)28)21(31-12(3)27)19(33-18)17-8-14-15(23)6-5-7-16(14)24-17/h5-8,18-22,24H,9H2,1-4H3/t18-,19+,20-,21+,22+/m1/s1. The molecule has 1 aliphatic rings. The van der Waals surface area contributed by atoms with Crippen LogP contribution in [0.1, 0.15) is 39.5 Å². The molecule has 2 heterocycles. The molecule has 0 unspecified atom stereocenters. The summed E-state index contributed by atoms with van der Waals surface area (Å²) >= 11 is 0. The molecule has 0 spiro atoms. The number of hydrogen-bond donors (Lipinski definition) is 1. The van der Waals surface area contributed by atoms with Crippen LogP contribution in [0.25, 0.3) is 10.9 Å². The minimum Gasteiger partial charge on any atom is -0.463 e. The smallest absolute Gasteiger partial charge is 0.303 e. The molecule has 11 heteroatoms. The van der Waals surface area contributed by atoms with E-state index in [1.165, 1.54) is 25.1 Å². The van der Waals surface area contributed by atoms with E-state index in [1.54, 1.807) is 6.07 Å². The van der Waals surface area contributed by atoms with Gasteiger partial charge in [0.15, 0.2) is 18.3 Å². The second-order valence-corrected chi connectivity index (χ2v) is 7.55. The molecular formula is C22H24FNO9. The van der Waals surface area contributed by atoms with Crippen LogP contribution in [0.5, 0.6) is 0 Å². The molecule has 1 aromatic heterocycles. The number of hydrogen-bond acceptors (Lipinski definition) is 9. The van der Waals surface area contributed by atoms with Gasteiger partial charge in [0, 0.05) is 44.3 Å². The molecule has 1 saturated heterocycles. The van der Waals surface area contributed by atoms with E-state index in [2.05, 4.69) is 4.98 Å². The van der Waals surface area contributed by atoms with E-state index in [0.717, 1.165) is 20.8 Å². The summed E-state index contributed by atoms with van der Waals surface area (Å²) in [5.41, 5.74) is 0.769. The SMILES string of the molecule is CC(=O)OC[C@H]1O[C@@H](c2cc3c(F)cccc3[nH]2)[C@H](OC(C)=O)[C@@H](OC(C)=O)[C@@H]1OC(C)=O. The quantitative estimate of drug-likeness (QED) is 0.503. The van der Waals surface area contributed by atoms with E-state index < -0.39 is 60.2 Å². The molecule has 0 saturated carbocycles. The summed E-state index contributed by atoms with van der Waals surface area (Å²) in [6.07, 6.45) is -6.01. The first kappa shape index (κ1) is 24.2. The molecule has 178 valence electrons. The van der Waals surface area contributed by atoms with Crippen molar-refractivity contribution in [1.29, 1.82) is 0 Å². The van der Waals surface area contributed by atoms with Crippen molar-refractivity contribution in [2.24, 2.45) is 0 Å². The van der Waals surface area contributed by atoms with Crippen LogP contribution in [0.15, 0.2) is 24.3 Å². The lowest BCUT2D eigenvalue weighted by molar-refractivity contribution is -0.255. The van der Waals surface area contributed by atoms with Crippen molar-refractivity contribution in [1.82, 2.24) is 4.98 Å². The number of rotatable bonds is 6. The zero-order valence-electron chi connectivity index (χ0n) is 18.5. The largest absolute Gasteiger partial charge is 0.463 e. The molecule has 2 aromatic rings. The van der Waals surface area contributed by atoms with Crippen LogP contribution in [-0.4, -0.2) is 59.9 Å². The van der Waals surface area contributed by atoms with E-state index in [-0.39, 0.29) is 12.0 Å². The lowest BCUT2D eigenvalue weighted by Crippen LogP contribution is -2.59. The van der Waals surface area contributed by atoms with Gasteiger partial charge in [-0.15, -0.1) is 0 Å². The van der Waals surface area contributed by atoms with Gasteiger partial charge in [0.25, 0.3) is 0 Å². The fourth-order valence-electron chi connectivity index (χ4n) is 3.77. The second-order valence-electron chi connectivity index (χ2n) is 7.55. The first-order valence-electron chi connectivity index (χ1n) is 10.1. The molecule has 33 heavy (non-hydrogen) atoms. The van der Waals surface area contributed by atoms with Crippen LogP contribution in [-0.2, 0) is 42.9 Å². The van der Waals surface area contributed by atoms with Crippen molar-refractivity contribution in [3.05, 3.63) is 35.8 Å². The molecule has 1 fully saturated rings. The van der Waals surface area contributed by atoms with Crippen molar-refractivity contribution in [2.45, 2.75) is 58.2 Å². The number of carbonyl (C=O) groups is 4. The summed E-state index contributed by atoms with van der Waals surface area (Å²) < 4.78 is 41.6. The van der Waals surface area contributed by atoms with Gasteiger partial charge < -0.3 is 28.7 Å². The molecule has 1 aromatic carbocycles. The lowest BCUT2D eigenvalue weighted by Gasteiger charge is -2.44. The van der Waals surface area contributed by atoms with Gasteiger partial charge in [-0.05, 0) is 18.2 Å². The molecule has 0 aliphatic carbocycles. The Bertz CT molecular complexity index is 1070. The summed E-state index contributed by atoms with van der Waals surface area (Å²) in [6, 6.07) is 5.93. The molecule has 0 amide bonds. The average Bonchev–Trinajstić information content (AvgIpc) is 3.14. The zero-order valence-corrected chi connectivity index (χ0v) is 18.5. The van der Waals surface area contributed by atoms with Crippen LogP contribution >= 0.6 is 0 Å². The van der Waals surface area contributed by atoms with Gasteiger partial charge in [0.2, 0.25) is 0 Å². The van der Waals surface area contributed by atoms with Crippen LogP contribution in [0.2, 0.25) is 0 Å². The number of aromatic amines is 1. The lowest BCUT2D eigenvalue weighted by atomic mass is 9.92. The molecule has 3 rings (SSSR count). The Labute approximate surface area is 188 Å². The van der Waals surface area contributed by atoms with Crippen LogP contribution < -0.4 is 0 Å². The van der Waals surface area contributed by atoms with Crippen LogP contribution in [0, 0.1) is 5.82 Å². The van der Waals surface area contributed by atoms with Gasteiger partial charge in [-0.3, -0.25) is 19.2 Å². The summed E-state index contributed by atoms with van der Waals surface area (Å²) in [7, 11) is 0. The summed E-state index contributed by atoms with van der Waals surface area (Å²) in [6.45, 7) is 4.27. The Morgan fingerprint density at radius 1 is 0.909 bits per heavy atom. The van der Waals surface area contributed by atoms with Crippen LogP contribution in [0.4, 0.5) is 4.39 Å². The summed E-state index contributed by atoms with van der Waals surface area (Å²) in [5.74, 6) is -3.27. The first-order chi connectivity index (χ1) is 15.6. The van der Waals surface area contributed by atoms with E-state index in [1.807, 2.05) is 0 Å². The Balaban J connectivity index is 2.10. The van der Waals surface area contributed by atoms with Gasteiger partial charge in [-0.2, -0.15) is 0 Å². The Morgan fingerprint density at radius 3 is 2.09 bits per heavy atom. The minimum absolute atomic E-state index is 0.264. The number of benzene rings is 1. The zero-order chi connectivity index (χ0) is 24.3. The van der Waals surface area contributed by atoms with Gasteiger partial charge in [-0.1, -0.05) is 6.07 Å². The molecule has 10 nitrogen and oxygen atoms in total. The van der Waals surface area contributed by atoms with Crippen molar-refractivity contribution in [3.8, 4) is 0 Å². The van der Waals surface area contributed by atoms with Crippen molar-refractivity contribution in [2.75, 3.05) is 6.61 Å². The maximum atomic E-state index is 14.3. The third-order valence-corrected chi connectivity index (χ3v) is 4.93. The monoisotopic (exact) mass is 465 g/mol. The summed E-state index contributed by atoms with van der Waals surface area (Å²) in [5, 5.41) is 0.264. The van der Waals surface area contributed by atoms with E-state index in [9.17, 15) is 23.6 Å². The van der Waals surface area contributed by atoms with Gasteiger partial charge >= 0.3 is 23.9 Å². The normalized spacial score (nSPS) is 24.7. The third-order valence-electron chi connectivity index (χ3n) is 4.93. The minimum atomic E-state index is -1.30. The maximum absolute atomic E-state index is 14.3. The van der Waals surface area contributed by atoms with Crippen molar-refractivity contribution < 1.29 is 47.3 Å². The highest BCUT2D eigenvalue weighted by molar-refractivity contribution is 5.81. The van der Waals surface area contributed by atoms with Crippen molar-refractivity contribution in [3.63, 3.8) is 0 Å². The number of fused-ring (bicyclic) bond motifs is 1. The molecule has 1 aliphatic heterocycles. The highest BCUT2D eigenvalue weighted by atomic mass is 19.1. The highest BCUT2D eigenvalue weighted by Gasteiger charge is 2.53. The molecule has 0 bridgehead atoms. The van der Waals surface area contributed by atoms with Crippen LogP contribution in [0.3, 0.4) is 0 Å². The number of ether oxygens (including phenoxy) is 5. The fraction of sp³-hybridized carbons (Fsp3) is 0.455. The number of halogens is 1. The second kappa shape index (κ2) is 9.99. The average molecular weight is 465 g/mol. The molecule has 1 N–H and O–H groups in total. The maximum Gasteiger partial charge on any atom is 0.303 e. The molecular weight excluding hydrogens is 441 g/mol. The number of esters is 4. The predicted molar refractivity (Wildman–Crippen MR) is 109 cm³/mol. The first-order valence-corrected chi connectivity index (χ1v) is 10.1. The highest BCUT2D eigenvalue weighted by Crippen LogP contribution is 2.38. The van der Waals surface area contributed by atoms with Gasteiger partial charge in [0.05, 0.1) is 0 Å². The topological polar surface area (TPSA) is 130 Å². The molecule has 0 radical (unpaired) electrons. The van der Waals surface area contributed by atoms with E-state index >= 15 is 0 Å². The number of H-pyrrole nitrogens is 1. The predicted octanol–water partition coefficient (Wildman–Crippen LogP) is 2.11. The Kier molecular flexibility index (Phi) is 7.32. The third kappa shape index (κ3) is 5.67. The number of aromatic nitrogens is 1. The van der Waals surface area contributed by atoms with E-state index in [4.69, 9.17) is 23.7 Å².